The van der Waals surface area contributed by atoms with Crippen LogP contribution in [0.1, 0.15) is 62.6 Å². The molecule has 0 saturated carbocycles. The number of ether oxygens (including phenoxy) is 1. The van der Waals surface area contributed by atoms with Crippen LogP contribution in [0.2, 0.25) is 0 Å². The van der Waals surface area contributed by atoms with Gasteiger partial charge in [-0.2, -0.15) is 4.98 Å². The highest BCUT2D eigenvalue weighted by atomic mass is 16.5. The molecule has 0 radical (unpaired) electrons. The second-order valence-electron chi connectivity index (χ2n) is 7.02. The summed E-state index contributed by atoms with van der Waals surface area (Å²) >= 11 is 0. The number of methoxy groups -OCH3 is 1. The smallest absolute Gasteiger partial charge is 0.303 e. The van der Waals surface area contributed by atoms with Crippen molar-refractivity contribution >= 4 is 17.7 Å². The van der Waals surface area contributed by atoms with Crippen molar-refractivity contribution in [3.05, 3.63) is 35.7 Å². The molecule has 2 heterocycles. The van der Waals surface area contributed by atoms with E-state index in [9.17, 15) is 9.90 Å². The first-order valence-electron chi connectivity index (χ1n) is 10.1. The van der Waals surface area contributed by atoms with Gasteiger partial charge >= 0.3 is 5.97 Å². The number of carboxylic acid groups (broad SMARTS) is 1. The summed E-state index contributed by atoms with van der Waals surface area (Å²) in [6, 6.07) is 5.50. The Balaban J connectivity index is 1.77. The summed E-state index contributed by atoms with van der Waals surface area (Å²) in [5.74, 6) is 0.770. The van der Waals surface area contributed by atoms with Crippen LogP contribution >= 0.6 is 0 Å². The number of aromatic nitrogens is 3. The zero-order valence-corrected chi connectivity index (χ0v) is 17.2. The molecule has 0 fully saturated rings. The average Bonchev–Trinajstić information content (AvgIpc) is 2.69. The van der Waals surface area contributed by atoms with Crippen LogP contribution in [0.25, 0.3) is 0 Å². The number of carbonyl (C=O) groups is 1. The molecule has 2 rings (SSSR count). The van der Waals surface area contributed by atoms with Gasteiger partial charge in [-0.25, -0.2) is 9.97 Å². The van der Waals surface area contributed by atoms with Crippen molar-refractivity contribution in [3.63, 3.8) is 0 Å². The van der Waals surface area contributed by atoms with Gasteiger partial charge in [0.25, 0.3) is 0 Å². The molecule has 8 nitrogen and oxygen atoms in total. The number of aryl methyl sites for hydroxylation is 1. The normalized spacial score (nSPS) is 11.8. The van der Waals surface area contributed by atoms with E-state index in [4.69, 9.17) is 10.5 Å². The number of hydrogen-bond donors (Lipinski definition) is 3. The van der Waals surface area contributed by atoms with Gasteiger partial charge in [-0.1, -0.05) is 25.3 Å². The average molecular weight is 402 g/mol. The largest absolute Gasteiger partial charge is 0.481 e. The summed E-state index contributed by atoms with van der Waals surface area (Å²) in [4.78, 5) is 24.1. The molecular formula is C21H31N5O3. The molecule has 2 aromatic heterocycles. The molecule has 4 N–H and O–H groups in total. The fourth-order valence-corrected chi connectivity index (χ4v) is 3.29. The first-order chi connectivity index (χ1) is 14.0. The Kier molecular flexibility index (Phi) is 9.14. The van der Waals surface area contributed by atoms with E-state index in [1.165, 1.54) is 0 Å². The van der Waals surface area contributed by atoms with Crippen LogP contribution in [0.3, 0.4) is 0 Å². The van der Waals surface area contributed by atoms with Crippen molar-refractivity contribution < 1.29 is 14.6 Å². The van der Waals surface area contributed by atoms with Crippen molar-refractivity contribution in [2.24, 2.45) is 0 Å². The Bertz CT molecular complexity index is 767. The summed E-state index contributed by atoms with van der Waals surface area (Å²) in [6.45, 7) is 2.75. The molecule has 2 aromatic rings. The lowest BCUT2D eigenvalue weighted by atomic mass is 9.91. The molecule has 0 amide bonds. The van der Waals surface area contributed by atoms with Gasteiger partial charge in [0.05, 0.1) is 13.5 Å². The lowest BCUT2D eigenvalue weighted by Crippen LogP contribution is -2.07. The maximum absolute atomic E-state index is 11.2. The van der Waals surface area contributed by atoms with E-state index in [-0.39, 0.29) is 12.3 Å². The predicted molar refractivity (Wildman–Crippen MR) is 113 cm³/mol. The molecule has 0 aliphatic carbocycles. The summed E-state index contributed by atoms with van der Waals surface area (Å²) in [5.41, 5.74) is 7.73. The van der Waals surface area contributed by atoms with Crippen LogP contribution < -0.4 is 15.8 Å². The van der Waals surface area contributed by atoms with Gasteiger partial charge in [-0.3, -0.25) is 4.79 Å². The minimum Gasteiger partial charge on any atom is -0.481 e. The minimum absolute atomic E-state index is 0.0322. The van der Waals surface area contributed by atoms with Crippen molar-refractivity contribution in [2.45, 2.75) is 57.8 Å². The minimum atomic E-state index is -0.788. The Morgan fingerprint density at radius 2 is 2.03 bits per heavy atom. The standard InChI is InChI=1S/C21H31N5O3/c1-3-23-21-25-17(13-18(22)26-21)9-7-5-4-6-8-15(12-20(27)28)16-10-11-19(29-2)24-14-16/h10-11,13-15H,3-9,12H2,1-2H3,(H,27,28)(H3,22,23,25,26). The van der Waals surface area contributed by atoms with E-state index in [2.05, 4.69) is 20.3 Å². The highest BCUT2D eigenvalue weighted by molar-refractivity contribution is 5.68. The third-order valence-electron chi connectivity index (χ3n) is 4.73. The first-order valence-corrected chi connectivity index (χ1v) is 10.1. The van der Waals surface area contributed by atoms with E-state index < -0.39 is 5.97 Å². The summed E-state index contributed by atoms with van der Waals surface area (Å²) < 4.78 is 5.07. The number of anilines is 2. The van der Waals surface area contributed by atoms with E-state index in [1.54, 1.807) is 19.4 Å². The molecule has 8 heteroatoms. The number of unbranched alkanes of at least 4 members (excludes halogenated alkanes) is 3. The highest BCUT2D eigenvalue weighted by Gasteiger charge is 2.16. The van der Waals surface area contributed by atoms with Gasteiger partial charge in [-0.15, -0.1) is 0 Å². The van der Waals surface area contributed by atoms with Gasteiger partial charge < -0.3 is 20.9 Å². The fourth-order valence-electron chi connectivity index (χ4n) is 3.29. The van der Waals surface area contributed by atoms with Crippen LogP contribution in [-0.2, 0) is 11.2 Å². The Hall–Kier alpha value is -2.90. The van der Waals surface area contributed by atoms with Crippen LogP contribution in [0, 0.1) is 0 Å². The number of nitrogens with two attached hydrogens (primary N) is 1. The van der Waals surface area contributed by atoms with E-state index in [0.29, 0.717) is 17.6 Å². The molecule has 0 aliphatic heterocycles. The van der Waals surface area contributed by atoms with Crippen molar-refractivity contribution in [1.82, 2.24) is 15.0 Å². The zero-order chi connectivity index (χ0) is 21.1. The lowest BCUT2D eigenvalue weighted by molar-refractivity contribution is -0.137. The highest BCUT2D eigenvalue weighted by Crippen LogP contribution is 2.27. The molecule has 158 valence electrons. The topological polar surface area (TPSA) is 123 Å². The number of pyridine rings is 1. The monoisotopic (exact) mass is 401 g/mol. The summed E-state index contributed by atoms with van der Waals surface area (Å²) in [7, 11) is 1.56. The van der Waals surface area contributed by atoms with Crippen LogP contribution in [-0.4, -0.2) is 39.7 Å². The molecular weight excluding hydrogens is 370 g/mol. The van der Waals surface area contributed by atoms with Crippen molar-refractivity contribution in [3.8, 4) is 5.88 Å². The second-order valence-corrected chi connectivity index (χ2v) is 7.02. The SMILES string of the molecule is CCNc1nc(N)cc(CCCCCCC(CC(=O)O)c2ccc(OC)nc2)n1. The molecule has 0 bridgehead atoms. The fraction of sp³-hybridized carbons (Fsp3) is 0.524. The van der Waals surface area contributed by atoms with Crippen molar-refractivity contribution in [2.75, 3.05) is 24.7 Å². The maximum Gasteiger partial charge on any atom is 0.303 e. The number of nitrogens with one attached hydrogen (secondary N) is 1. The number of rotatable bonds is 13. The lowest BCUT2D eigenvalue weighted by Gasteiger charge is -2.15. The quantitative estimate of drug-likeness (QED) is 0.435. The summed E-state index contributed by atoms with van der Waals surface area (Å²) in [6.07, 6.45) is 7.59. The van der Waals surface area contributed by atoms with Gasteiger partial charge in [0.2, 0.25) is 11.8 Å². The second kappa shape index (κ2) is 11.8. The molecule has 0 spiro atoms. The van der Waals surface area contributed by atoms with Gasteiger partial charge in [0.1, 0.15) is 5.82 Å². The Morgan fingerprint density at radius 3 is 2.69 bits per heavy atom. The summed E-state index contributed by atoms with van der Waals surface area (Å²) in [5, 5.41) is 12.3. The van der Waals surface area contributed by atoms with E-state index in [1.807, 2.05) is 19.1 Å². The molecule has 29 heavy (non-hydrogen) atoms. The number of aliphatic carboxylic acids is 1. The third kappa shape index (κ3) is 7.93. The van der Waals surface area contributed by atoms with Gasteiger partial charge in [-0.05, 0) is 37.7 Å². The third-order valence-corrected chi connectivity index (χ3v) is 4.73. The molecule has 0 aromatic carbocycles. The maximum atomic E-state index is 11.2. The van der Waals surface area contributed by atoms with Crippen LogP contribution in [0.15, 0.2) is 24.4 Å². The van der Waals surface area contributed by atoms with Crippen molar-refractivity contribution in [1.29, 1.82) is 0 Å². The molecule has 0 saturated heterocycles. The Labute approximate surface area is 171 Å². The van der Waals surface area contributed by atoms with Gasteiger partial charge in [0.15, 0.2) is 0 Å². The van der Waals surface area contributed by atoms with Crippen LogP contribution in [0.5, 0.6) is 5.88 Å². The van der Waals surface area contributed by atoms with E-state index >= 15 is 0 Å². The van der Waals surface area contributed by atoms with Crippen LogP contribution in [0.4, 0.5) is 11.8 Å². The molecule has 1 atom stereocenters. The zero-order valence-electron chi connectivity index (χ0n) is 17.2. The molecule has 0 aliphatic rings. The van der Waals surface area contributed by atoms with Gasteiger partial charge in [0, 0.05) is 30.6 Å². The van der Waals surface area contributed by atoms with E-state index in [0.717, 1.165) is 56.3 Å². The first kappa shape index (κ1) is 22.4. The molecule has 1 unspecified atom stereocenters. The number of nitrogens with zero attached hydrogens (tertiary/aromatic N) is 3. The Morgan fingerprint density at radius 1 is 1.24 bits per heavy atom. The number of carboxylic acids is 1. The number of nitrogen functional groups attached to an aromatic ring is 1. The number of hydrogen-bond acceptors (Lipinski definition) is 7. The predicted octanol–water partition coefficient (Wildman–Crippen LogP) is 3.65.